The molecule has 8 heteroatoms. The number of hydrogen-bond donors (Lipinski definition) is 0. The number of anilines is 1. The Bertz CT molecular complexity index is 896. The van der Waals surface area contributed by atoms with Crippen molar-refractivity contribution in [2.24, 2.45) is 0 Å². The zero-order valence-corrected chi connectivity index (χ0v) is 18.8. The fourth-order valence-corrected chi connectivity index (χ4v) is 4.44. The van der Waals surface area contributed by atoms with Crippen LogP contribution in [0.1, 0.15) is 5.56 Å². The zero-order valence-electron chi connectivity index (χ0n) is 15.8. The molecule has 0 saturated carbocycles. The van der Waals surface area contributed by atoms with E-state index in [0.29, 0.717) is 18.8 Å². The van der Waals surface area contributed by atoms with Gasteiger partial charge in [-0.15, -0.1) is 0 Å². The van der Waals surface area contributed by atoms with Crippen molar-refractivity contribution in [2.45, 2.75) is 6.54 Å². The highest BCUT2D eigenvalue weighted by Crippen LogP contribution is 2.19. The summed E-state index contributed by atoms with van der Waals surface area (Å²) in [6, 6.07) is 17.4. The summed E-state index contributed by atoms with van der Waals surface area (Å²) in [5, 5.41) is 0. The first-order valence-corrected chi connectivity index (χ1v) is 12.0. The first-order valence-electron chi connectivity index (χ1n) is 9.10. The molecular formula is C20H24IN3O3S. The van der Waals surface area contributed by atoms with Gasteiger partial charge < -0.3 is 4.90 Å². The SMILES string of the molecule is CS(=O)(=O)N(CC(=O)N1CCN(Cc2ccccc2)CC1)c1ccc(I)cc1. The van der Waals surface area contributed by atoms with Crippen LogP contribution in [0.25, 0.3) is 0 Å². The zero-order chi connectivity index (χ0) is 20.1. The second-order valence-electron chi connectivity index (χ2n) is 6.89. The third-order valence-corrected chi connectivity index (χ3v) is 6.63. The van der Waals surface area contributed by atoms with Crippen LogP contribution in [0.2, 0.25) is 0 Å². The Balaban J connectivity index is 1.60. The maximum absolute atomic E-state index is 12.8. The fourth-order valence-electron chi connectivity index (χ4n) is 3.23. The highest BCUT2D eigenvalue weighted by molar-refractivity contribution is 14.1. The second kappa shape index (κ2) is 9.23. The van der Waals surface area contributed by atoms with Gasteiger partial charge in [0.1, 0.15) is 6.54 Å². The minimum Gasteiger partial charge on any atom is -0.339 e. The van der Waals surface area contributed by atoms with Crippen LogP contribution < -0.4 is 4.31 Å². The van der Waals surface area contributed by atoms with E-state index in [1.165, 1.54) is 9.87 Å². The van der Waals surface area contributed by atoms with Crippen molar-refractivity contribution < 1.29 is 13.2 Å². The first-order chi connectivity index (χ1) is 13.3. The molecule has 0 aliphatic carbocycles. The van der Waals surface area contributed by atoms with Crippen molar-refractivity contribution in [1.82, 2.24) is 9.80 Å². The van der Waals surface area contributed by atoms with Gasteiger partial charge in [-0.05, 0) is 52.4 Å². The molecule has 1 aliphatic rings. The standard InChI is InChI=1S/C20H24IN3O3S/c1-28(26,27)24(19-9-7-18(21)8-10-19)16-20(25)23-13-11-22(12-14-23)15-17-5-3-2-4-6-17/h2-10H,11-16H2,1H3. The van der Waals surface area contributed by atoms with Gasteiger partial charge in [-0.1, -0.05) is 30.3 Å². The van der Waals surface area contributed by atoms with Crippen molar-refractivity contribution in [3.63, 3.8) is 0 Å². The molecule has 0 N–H and O–H groups in total. The topological polar surface area (TPSA) is 60.9 Å². The molecule has 28 heavy (non-hydrogen) atoms. The van der Waals surface area contributed by atoms with Crippen LogP contribution in [0.5, 0.6) is 0 Å². The molecule has 0 radical (unpaired) electrons. The summed E-state index contributed by atoms with van der Waals surface area (Å²) in [4.78, 5) is 16.8. The summed E-state index contributed by atoms with van der Waals surface area (Å²) < 4.78 is 26.7. The van der Waals surface area contributed by atoms with E-state index in [1.807, 2.05) is 30.3 Å². The van der Waals surface area contributed by atoms with Crippen molar-refractivity contribution in [1.29, 1.82) is 0 Å². The highest BCUT2D eigenvalue weighted by Gasteiger charge is 2.26. The summed E-state index contributed by atoms with van der Waals surface area (Å²) in [5.41, 5.74) is 1.77. The Kier molecular flexibility index (Phi) is 6.95. The fraction of sp³-hybridized carbons (Fsp3) is 0.350. The minimum atomic E-state index is -3.54. The normalized spacial score (nSPS) is 15.4. The Morgan fingerprint density at radius 3 is 2.18 bits per heavy atom. The quantitative estimate of drug-likeness (QED) is 0.557. The molecule has 1 amide bonds. The van der Waals surface area contributed by atoms with E-state index >= 15 is 0 Å². The summed E-state index contributed by atoms with van der Waals surface area (Å²) in [7, 11) is -3.54. The van der Waals surface area contributed by atoms with Crippen LogP contribution in [0.15, 0.2) is 54.6 Å². The molecule has 2 aromatic rings. The van der Waals surface area contributed by atoms with Crippen LogP contribution in [0, 0.1) is 3.57 Å². The monoisotopic (exact) mass is 513 g/mol. The van der Waals surface area contributed by atoms with Gasteiger partial charge in [-0.25, -0.2) is 8.42 Å². The minimum absolute atomic E-state index is 0.164. The maximum atomic E-state index is 12.8. The molecule has 6 nitrogen and oxygen atoms in total. The predicted octanol–water partition coefficient (Wildman–Crippen LogP) is 2.40. The van der Waals surface area contributed by atoms with E-state index in [-0.39, 0.29) is 12.5 Å². The predicted molar refractivity (Wildman–Crippen MR) is 120 cm³/mol. The molecule has 1 saturated heterocycles. The third-order valence-electron chi connectivity index (χ3n) is 4.77. The van der Waals surface area contributed by atoms with Crippen LogP contribution in [-0.2, 0) is 21.4 Å². The number of halogens is 1. The van der Waals surface area contributed by atoms with E-state index in [4.69, 9.17) is 0 Å². The Labute approximate surface area is 180 Å². The first kappa shape index (κ1) is 21.1. The number of carbonyl (C=O) groups is 1. The number of benzene rings is 2. The highest BCUT2D eigenvalue weighted by atomic mass is 127. The molecule has 0 bridgehead atoms. The molecule has 1 aliphatic heterocycles. The number of nitrogens with zero attached hydrogens (tertiary/aromatic N) is 3. The van der Waals surface area contributed by atoms with E-state index in [2.05, 4.69) is 39.6 Å². The number of hydrogen-bond acceptors (Lipinski definition) is 4. The summed E-state index contributed by atoms with van der Waals surface area (Å²) in [6.45, 7) is 3.47. The average Bonchev–Trinajstić information content (AvgIpc) is 2.67. The Hall–Kier alpha value is -1.65. The van der Waals surface area contributed by atoms with Crippen LogP contribution in [0.4, 0.5) is 5.69 Å². The number of carbonyl (C=O) groups excluding carboxylic acids is 1. The van der Waals surface area contributed by atoms with Gasteiger partial charge in [-0.3, -0.25) is 14.0 Å². The largest absolute Gasteiger partial charge is 0.339 e. The van der Waals surface area contributed by atoms with Crippen molar-refractivity contribution in [3.8, 4) is 0 Å². The van der Waals surface area contributed by atoms with Gasteiger partial charge in [0.15, 0.2) is 0 Å². The lowest BCUT2D eigenvalue weighted by atomic mass is 10.2. The Morgan fingerprint density at radius 2 is 1.61 bits per heavy atom. The Morgan fingerprint density at radius 1 is 1.00 bits per heavy atom. The summed E-state index contributed by atoms with van der Waals surface area (Å²) >= 11 is 2.16. The second-order valence-corrected chi connectivity index (χ2v) is 10.0. The summed E-state index contributed by atoms with van der Waals surface area (Å²) in [6.07, 6.45) is 1.13. The lowest BCUT2D eigenvalue weighted by Gasteiger charge is -2.35. The van der Waals surface area contributed by atoms with E-state index in [9.17, 15) is 13.2 Å². The molecular weight excluding hydrogens is 489 g/mol. The molecule has 0 spiro atoms. The maximum Gasteiger partial charge on any atom is 0.243 e. The van der Waals surface area contributed by atoms with Crippen molar-refractivity contribution in [2.75, 3.05) is 43.3 Å². The molecule has 0 aromatic heterocycles. The number of rotatable bonds is 6. The van der Waals surface area contributed by atoms with Gasteiger partial charge in [0.25, 0.3) is 0 Å². The number of sulfonamides is 1. The van der Waals surface area contributed by atoms with Gasteiger partial charge in [-0.2, -0.15) is 0 Å². The number of piperazine rings is 1. The van der Waals surface area contributed by atoms with E-state index < -0.39 is 10.0 Å². The summed E-state index contributed by atoms with van der Waals surface area (Å²) in [5.74, 6) is -0.164. The van der Waals surface area contributed by atoms with Gasteiger partial charge in [0.05, 0.1) is 11.9 Å². The van der Waals surface area contributed by atoms with Crippen molar-refractivity contribution >= 4 is 44.2 Å². The van der Waals surface area contributed by atoms with Crippen LogP contribution in [-0.4, -0.2) is 63.1 Å². The molecule has 0 unspecified atom stereocenters. The van der Waals surface area contributed by atoms with Gasteiger partial charge in [0, 0.05) is 36.3 Å². The molecule has 1 heterocycles. The van der Waals surface area contributed by atoms with E-state index in [0.717, 1.165) is 29.5 Å². The molecule has 3 rings (SSSR count). The van der Waals surface area contributed by atoms with Crippen LogP contribution >= 0.6 is 22.6 Å². The molecule has 2 aromatic carbocycles. The third kappa shape index (κ3) is 5.68. The number of amides is 1. The van der Waals surface area contributed by atoms with Crippen molar-refractivity contribution in [3.05, 3.63) is 63.7 Å². The lowest BCUT2D eigenvalue weighted by molar-refractivity contribution is -0.131. The lowest BCUT2D eigenvalue weighted by Crippen LogP contribution is -2.51. The van der Waals surface area contributed by atoms with E-state index in [1.54, 1.807) is 17.0 Å². The smallest absolute Gasteiger partial charge is 0.243 e. The molecule has 0 atom stereocenters. The molecule has 150 valence electrons. The van der Waals surface area contributed by atoms with Crippen LogP contribution in [0.3, 0.4) is 0 Å². The van der Waals surface area contributed by atoms with Gasteiger partial charge >= 0.3 is 0 Å². The molecule has 1 fully saturated rings. The average molecular weight is 513 g/mol. The van der Waals surface area contributed by atoms with Gasteiger partial charge in [0.2, 0.25) is 15.9 Å².